The zero-order chi connectivity index (χ0) is 13.7. The predicted molar refractivity (Wildman–Crippen MR) is 76.3 cm³/mol. The van der Waals surface area contributed by atoms with E-state index in [-0.39, 0.29) is 5.52 Å². The zero-order valence-electron chi connectivity index (χ0n) is 10.1. The van der Waals surface area contributed by atoms with Crippen molar-refractivity contribution in [3.63, 3.8) is 0 Å². The third-order valence-electron chi connectivity index (χ3n) is 2.51. The molecule has 0 aliphatic heterocycles. The summed E-state index contributed by atoms with van der Waals surface area (Å²) in [6.07, 6.45) is 6.65. The first-order valence-corrected chi connectivity index (χ1v) is 6.86. The second-order valence-electron chi connectivity index (χ2n) is 3.83. The average Bonchev–Trinajstić information content (AvgIpc) is 2.39. The lowest BCUT2D eigenvalue weighted by molar-refractivity contribution is 0.590. The molecule has 0 radical (unpaired) electrons. The number of thioether (sulfide) groups is 1. The molecule has 0 bridgehead atoms. The summed E-state index contributed by atoms with van der Waals surface area (Å²) in [6.45, 7) is 0.670. The van der Waals surface area contributed by atoms with Gasteiger partial charge >= 0.3 is 0 Å². The van der Waals surface area contributed by atoms with Gasteiger partial charge in [0.2, 0.25) is 0 Å². The van der Waals surface area contributed by atoms with Crippen molar-refractivity contribution in [1.82, 2.24) is 4.98 Å². The smallest absolute Gasteiger partial charge is 0.152 e. The molecule has 2 aromatic rings. The first kappa shape index (κ1) is 13.6. The van der Waals surface area contributed by atoms with E-state index in [2.05, 4.69) is 16.2 Å². The molecule has 1 heterocycles. The lowest BCUT2D eigenvalue weighted by Gasteiger charge is -2.09. The van der Waals surface area contributed by atoms with Crippen LogP contribution >= 0.6 is 11.8 Å². The fraction of sp³-hybridized carbons (Fsp3) is 0.214. The molecule has 0 unspecified atom stereocenters. The minimum absolute atomic E-state index is 0.169. The number of pyridine rings is 1. The fourth-order valence-corrected chi connectivity index (χ4v) is 2.23. The summed E-state index contributed by atoms with van der Waals surface area (Å²) in [5.41, 5.74) is 0.840. The van der Waals surface area contributed by atoms with Crippen molar-refractivity contribution >= 4 is 28.4 Å². The van der Waals surface area contributed by atoms with Crippen LogP contribution in [-0.4, -0.2) is 23.0 Å². The van der Waals surface area contributed by atoms with Crippen LogP contribution in [0, 0.1) is 24.0 Å². The number of anilines is 1. The first-order chi connectivity index (χ1) is 9.22. The van der Waals surface area contributed by atoms with Crippen molar-refractivity contribution in [2.75, 3.05) is 23.4 Å². The Kier molecular flexibility index (Phi) is 4.58. The second-order valence-corrected chi connectivity index (χ2v) is 4.93. The van der Waals surface area contributed by atoms with Gasteiger partial charge in [0.05, 0.1) is 5.75 Å². The maximum atomic E-state index is 13.6. The van der Waals surface area contributed by atoms with Crippen molar-refractivity contribution in [2.24, 2.45) is 0 Å². The zero-order valence-corrected chi connectivity index (χ0v) is 10.9. The molecule has 0 aliphatic rings. The highest BCUT2D eigenvalue weighted by Gasteiger charge is 2.08. The van der Waals surface area contributed by atoms with Gasteiger partial charge in [0.1, 0.15) is 11.3 Å². The maximum absolute atomic E-state index is 13.6. The lowest BCUT2D eigenvalue weighted by atomic mass is 10.1. The molecule has 1 aromatic heterocycles. The number of nitrogens with one attached hydrogen (secondary N) is 1. The highest BCUT2D eigenvalue weighted by Crippen LogP contribution is 2.24. The molecule has 5 heteroatoms. The molecule has 1 N–H and O–H groups in total. The van der Waals surface area contributed by atoms with Gasteiger partial charge in [-0.05, 0) is 12.1 Å². The SMILES string of the molecule is C#CCSCCNc1ccnc2c(F)cc(F)cc12. The average molecular weight is 278 g/mol. The molecule has 1 aromatic carbocycles. The second kappa shape index (κ2) is 6.39. The standard InChI is InChI=1S/C14H12F2N2S/c1-2-6-19-7-5-17-13-3-4-18-14-11(13)8-10(15)9-12(14)16/h1,3-4,8-9H,5-7H2,(H,17,18). The van der Waals surface area contributed by atoms with Gasteiger partial charge in [-0.1, -0.05) is 5.92 Å². The fourth-order valence-electron chi connectivity index (χ4n) is 1.72. The summed E-state index contributed by atoms with van der Waals surface area (Å²) in [5.74, 6) is 2.76. The summed E-state index contributed by atoms with van der Waals surface area (Å²) in [5, 5.41) is 3.58. The lowest BCUT2D eigenvalue weighted by Crippen LogP contribution is -2.05. The number of rotatable bonds is 5. The molecule has 2 rings (SSSR count). The summed E-state index contributed by atoms with van der Waals surface area (Å²) < 4.78 is 26.8. The highest BCUT2D eigenvalue weighted by molar-refractivity contribution is 7.99. The predicted octanol–water partition coefficient (Wildman–Crippen LogP) is 3.29. The summed E-state index contributed by atoms with van der Waals surface area (Å²) in [4.78, 5) is 3.93. The van der Waals surface area contributed by atoms with Crippen molar-refractivity contribution in [1.29, 1.82) is 0 Å². The van der Waals surface area contributed by atoms with E-state index in [1.54, 1.807) is 17.8 Å². The number of nitrogens with zero attached hydrogens (tertiary/aromatic N) is 1. The summed E-state index contributed by atoms with van der Waals surface area (Å²) in [7, 11) is 0. The van der Waals surface area contributed by atoms with E-state index in [9.17, 15) is 8.78 Å². The van der Waals surface area contributed by atoms with Gasteiger partial charge in [0.25, 0.3) is 0 Å². The number of aromatic nitrogens is 1. The molecule has 0 saturated heterocycles. The van der Waals surface area contributed by atoms with Crippen LogP contribution in [0.5, 0.6) is 0 Å². The quantitative estimate of drug-likeness (QED) is 0.671. The monoisotopic (exact) mass is 278 g/mol. The Labute approximate surface area is 114 Å². The van der Waals surface area contributed by atoms with Gasteiger partial charge < -0.3 is 5.32 Å². The number of benzene rings is 1. The molecule has 0 spiro atoms. The van der Waals surface area contributed by atoms with Crippen LogP contribution < -0.4 is 5.32 Å². The molecule has 0 amide bonds. The Morgan fingerprint density at radius 3 is 3.00 bits per heavy atom. The van der Waals surface area contributed by atoms with E-state index in [4.69, 9.17) is 6.42 Å². The third kappa shape index (κ3) is 3.36. The largest absolute Gasteiger partial charge is 0.384 e. The molecule has 0 fully saturated rings. The molecule has 19 heavy (non-hydrogen) atoms. The van der Waals surface area contributed by atoms with E-state index < -0.39 is 11.6 Å². The Morgan fingerprint density at radius 1 is 1.37 bits per heavy atom. The minimum Gasteiger partial charge on any atom is -0.384 e. The number of hydrogen-bond donors (Lipinski definition) is 1. The topological polar surface area (TPSA) is 24.9 Å². The number of terminal acetylenes is 1. The van der Waals surface area contributed by atoms with Crippen LogP contribution in [0.4, 0.5) is 14.5 Å². The van der Waals surface area contributed by atoms with Gasteiger partial charge in [-0.2, -0.15) is 0 Å². The van der Waals surface area contributed by atoms with Crippen LogP contribution in [0.3, 0.4) is 0 Å². The van der Waals surface area contributed by atoms with E-state index in [0.29, 0.717) is 23.4 Å². The number of hydrogen-bond acceptors (Lipinski definition) is 3. The van der Waals surface area contributed by atoms with Crippen molar-refractivity contribution < 1.29 is 8.78 Å². The van der Waals surface area contributed by atoms with Crippen LogP contribution in [0.2, 0.25) is 0 Å². The Balaban J connectivity index is 2.17. The number of fused-ring (bicyclic) bond motifs is 1. The Bertz CT molecular complexity index is 623. The molecular formula is C14H12F2N2S. The van der Waals surface area contributed by atoms with E-state index in [1.807, 2.05) is 0 Å². The first-order valence-electron chi connectivity index (χ1n) is 5.71. The van der Waals surface area contributed by atoms with Gasteiger partial charge in [-0.3, -0.25) is 4.98 Å². The van der Waals surface area contributed by atoms with Crippen LogP contribution in [0.1, 0.15) is 0 Å². The van der Waals surface area contributed by atoms with Crippen LogP contribution in [0.25, 0.3) is 10.9 Å². The molecule has 0 saturated carbocycles. The Hall–Kier alpha value is -1.80. The van der Waals surface area contributed by atoms with Crippen LogP contribution in [-0.2, 0) is 0 Å². The molecule has 98 valence electrons. The van der Waals surface area contributed by atoms with Crippen molar-refractivity contribution in [3.8, 4) is 12.3 Å². The van der Waals surface area contributed by atoms with Gasteiger partial charge in [-0.15, -0.1) is 18.2 Å². The van der Waals surface area contributed by atoms with Gasteiger partial charge in [-0.25, -0.2) is 8.78 Å². The molecule has 0 atom stereocenters. The van der Waals surface area contributed by atoms with E-state index >= 15 is 0 Å². The van der Waals surface area contributed by atoms with Gasteiger partial charge in [0, 0.05) is 35.6 Å². The van der Waals surface area contributed by atoms with Crippen LogP contribution in [0.15, 0.2) is 24.4 Å². The normalized spacial score (nSPS) is 10.4. The summed E-state index contributed by atoms with van der Waals surface area (Å²) in [6, 6.07) is 3.82. The number of halogens is 2. The van der Waals surface area contributed by atoms with E-state index in [0.717, 1.165) is 11.8 Å². The maximum Gasteiger partial charge on any atom is 0.152 e. The molecule has 2 nitrogen and oxygen atoms in total. The Morgan fingerprint density at radius 2 is 2.21 bits per heavy atom. The molecular weight excluding hydrogens is 266 g/mol. The van der Waals surface area contributed by atoms with Crippen molar-refractivity contribution in [3.05, 3.63) is 36.0 Å². The van der Waals surface area contributed by atoms with Crippen molar-refractivity contribution in [2.45, 2.75) is 0 Å². The van der Waals surface area contributed by atoms with Gasteiger partial charge in [0.15, 0.2) is 5.82 Å². The third-order valence-corrected chi connectivity index (χ3v) is 3.37. The summed E-state index contributed by atoms with van der Waals surface area (Å²) >= 11 is 1.62. The molecule has 0 aliphatic carbocycles. The highest BCUT2D eigenvalue weighted by atomic mass is 32.2. The van der Waals surface area contributed by atoms with E-state index in [1.165, 1.54) is 12.3 Å². The minimum atomic E-state index is -0.652.